The Kier molecular flexibility index (Phi) is 3.75. The van der Waals surface area contributed by atoms with E-state index < -0.39 is 10.0 Å². The smallest absolute Gasteiger partial charge is 0.211 e. The predicted octanol–water partition coefficient (Wildman–Crippen LogP) is -1.14. The Morgan fingerprint density at radius 2 is 1.88 bits per heavy atom. The SMILES string of the molecule is CS(=O)(=O)N1CCN(CCn2ccnn2)CC1. The molecular formula is C9H17N5O2S. The molecule has 2 heterocycles. The van der Waals surface area contributed by atoms with E-state index >= 15 is 0 Å². The van der Waals surface area contributed by atoms with Crippen molar-refractivity contribution in [3.8, 4) is 0 Å². The Morgan fingerprint density at radius 1 is 1.18 bits per heavy atom. The summed E-state index contributed by atoms with van der Waals surface area (Å²) < 4.78 is 26.0. The zero-order valence-corrected chi connectivity index (χ0v) is 10.7. The third-order valence-electron chi connectivity index (χ3n) is 2.92. The fourth-order valence-electron chi connectivity index (χ4n) is 1.88. The second kappa shape index (κ2) is 5.11. The highest BCUT2D eigenvalue weighted by Crippen LogP contribution is 2.05. The molecule has 17 heavy (non-hydrogen) atoms. The Morgan fingerprint density at radius 3 is 2.41 bits per heavy atom. The molecule has 0 N–H and O–H groups in total. The first-order valence-corrected chi connectivity index (χ1v) is 7.42. The minimum Gasteiger partial charge on any atom is -0.299 e. The van der Waals surface area contributed by atoms with E-state index in [1.165, 1.54) is 10.6 Å². The van der Waals surface area contributed by atoms with Crippen LogP contribution in [0.3, 0.4) is 0 Å². The van der Waals surface area contributed by atoms with Crippen LogP contribution in [0.15, 0.2) is 12.4 Å². The van der Waals surface area contributed by atoms with Crippen LogP contribution in [0.2, 0.25) is 0 Å². The second-order valence-corrected chi connectivity index (χ2v) is 6.15. The molecule has 0 atom stereocenters. The number of aromatic nitrogens is 3. The summed E-state index contributed by atoms with van der Waals surface area (Å²) in [5.74, 6) is 0. The third kappa shape index (κ3) is 3.48. The molecule has 1 aromatic heterocycles. The monoisotopic (exact) mass is 259 g/mol. The minimum atomic E-state index is -3.03. The van der Waals surface area contributed by atoms with Crippen molar-refractivity contribution in [1.82, 2.24) is 24.2 Å². The quantitative estimate of drug-likeness (QED) is 0.683. The van der Waals surface area contributed by atoms with Crippen LogP contribution in [-0.4, -0.2) is 71.6 Å². The van der Waals surface area contributed by atoms with Gasteiger partial charge in [0, 0.05) is 38.9 Å². The van der Waals surface area contributed by atoms with Crippen molar-refractivity contribution < 1.29 is 8.42 Å². The molecule has 0 amide bonds. The lowest BCUT2D eigenvalue weighted by molar-refractivity contribution is 0.181. The van der Waals surface area contributed by atoms with Crippen molar-refractivity contribution >= 4 is 10.0 Å². The van der Waals surface area contributed by atoms with Crippen molar-refractivity contribution in [2.24, 2.45) is 0 Å². The number of sulfonamides is 1. The van der Waals surface area contributed by atoms with Gasteiger partial charge in [0.05, 0.1) is 19.0 Å². The van der Waals surface area contributed by atoms with Crippen LogP contribution >= 0.6 is 0 Å². The molecule has 0 unspecified atom stereocenters. The minimum absolute atomic E-state index is 0.580. The molecule has 2 rings (SSSR count). The van der Waals surface area contributed by atoms with Crippen molar-refractivity contribution in [2.45, 2.75) is 6.54 Å². The van der Waals surface area contributed by atoms with Gasteiger partial charge in [-0.3, -0.25) is 9.58 Å². The number of piperazine rings is 1. The maximum absolute atomic E-state index is 11.3. The summed E-state index contributed by atoms with van der Waals surface area (Å²) in [6.07, 6.45) is 4.74. The number of nitrogens with zero attached hydrogens (tertiary/aromatic N) is 5. The van der Waals surface area contributed by atoms with E-state index in [-0.39, 0.29) is 0 Å². The third-order valence-corrected chi connectivity index (χ3v) is 4.22. The lowest BCUT2D eigenvalue weighted by atomic mass is 10.3. The Balaban J connectivity index is 1.76. The highest BCUT2D eigenvalue weighted by atomic mass is 32.2. The lowest BCUT2D eigenvalue weighted by Crippen LogP contribution is -2.48. The summed E-state index contributed by atoms with van der Waals surface area (Å²) in [4.78, 5) is 2.24. The van der Waals surface area contributed by atoms with E-state index in [1.807, 2.05) is 6.20 Å². The highest BCUT2D eigenvalue weighted by molar-refractivity contribution is 7.88. The molecule has 1 aromatic rings. The van der Waals surface area contributed by atoms with Crippen molar-refractivity contribution in [3.63, 3.8) is 0 Å². The van der Waals surface area contributed by atoms with Crippen molar-refractivity contribution in [3.05, 3.63) is 12.4 Å². The maximum atomic E-state index is 11.3. The molecule has 0 saturated carbocycles. The maximum Gasteiger partial charge on any atom is 0.211 e. The van der Waals surface area contributed by atoms with E-state index in [0.717, 1.165) is 26.2 Å². The average Bonchev–Trinajstić information content (AvgIpc) is 2.78. The fourth-order valence-corrected chi connectivity index (χ4v) is 2.71. The highest BCUT2D eigenvalue weighted by Gasteiger charge is 2.22. The Hall–Kier alpha value is -0.990. The van der Waals surface area contributed by atoms with Gasteiger partial charge in [0.25, 0.3) is 0 Å². The molecule has 0 bridgehead atoms. The molecule has 7 nitrogen and oxygen atoms in total. The van der Waals surface area contributed by atoms with Crippen LogP contribution in [0.5, 0.6) is 0 Å². The Bertz CT molecular complexity index is 436. The van der Waals surface area contributed by atoms with Gasteiger partial charge in [0.1, 0.15) is 0 Å². The number of rotatable bonds is 4. The van der Waals surface area contributed by atoms with Gasteiger partial charge in [-0.05, 0) is 0 Å². The number of hydrogen-bond acceptors (Lipinski definition) is 5. The summed E-state index contributed by atoms with van der Waals surface area (Å²) in [7, 11) is -3.03. The van der Waals surface area contributed by atoms with Crippen LogP contribution in [0, 0.1) is 0 Å². The summed E-state index contributed by atoms with van der Waals surface area (Å²) in [5, 5.41) is 7.63. The molecular weight excluding hydrogens is 242 g/mol. The molecule has 0 aliphatic carbocycles. The van der Waals surface area contributed by atoms with Gasteiger partial charge in [0.15, 0.2) is 0 Å². The van der Waals surface area contributed by atoms with Crippen LogP contribution in [0.25, 0.3) is 0 Å². The van der Waals surface area contributed by atoms with E-state index in [9.17, 15) is 8.42 Å². The molecule has 0 aromatic carbocycles. The first-order valence-electron chi connectivity index (χ1n) is 5.57. The van der Waals surface area contributed by atoms with Gasteiger partial charge in [-0.15, -0.1) is 5.10 Å². The largest absolute Gasteiger partial charge is 0.299 e. The first-order chi connectivity index (χ1) is 8.05. The predicted molar refractivity (Wildman–Crippen MR) is 62.9 cm³/mol. The molecule has 96 valence electrons. The summed E-state index contributed by atoms with van der Waals surface area (Å²) in [6.45, 7) is 4.38. The van der Waals surface area contributed by atoms with E-state index in [4.69, 9.17) is 0 Å². The van der Waals surface area contributed by atoms with Gasteiger partial charge < -0.3 is 0 Å². The van der Waals surface area contributed by atoms with Crippen LogP contribution in [0.4, 0.5) is 0 Å². The number of hydrogen-bond donors (Lipinski definition) is 0. The van der Waals surface area contributed by atoms with Crippen LogP contribution in [0.1, 0.15) is 0 Å². The molecule has 1 saturated heterocycles. The van der Waals surface area contributed by atoms with Gasteiger partial charge >= 0.3 is 0 Å². The summed E-state index contributed by atoms with van der Waals surface area (Å²) in [5.41, 5.74) is 0. The zero-order chi connectivity index (χ0) is 12.3. The van der Waals surface area contributed by atoms with Crippen LogP contribution < -0.4 is 0 Å². The molecule has 1 aliphatic rings. The average molecular weight is 259 g/mol. The van der Waals surface area contributed by atoms with Gasteiger partial charge in [0.2, 0.25) is 10.0 Å². The fraction of sp³-hybridized carbons (Fsp3) is 0.778. The normalized spacial score (nSPS) is 19.6. The topological polar surface area (TPSA) is 71.3 Å². The van der Waals surface area contributed by atoms with E-state index in [0.29, 0.717) is 13.1 Å². The second-order valence-electron chi connectivity index (χ2n) is 4.17. The van der Waals surface area contributed by atoms with Crippen molar-refractivity contribution in [2.75, 3.05) is 39.0 Å². The molecule has 8 heteroatoms. The molecule has 0 spiro atoms. The standard InChI is InChI=1S/C9H17N5O2S/c1-17(15,16)14-8-5-12(6-9-14)4-7-13-3-2-10-11-13/h2-3H,4-9H2,1H3. The summed E-state index contributed by atoms with van der Waals surface area (Å²) >= 11 is 0. The first kappa shape index (κ1) is 12.5. The van der Waals surface area contributed by atoms with Gasteiger partial charge in [-0.2, -0.15) is 4.31 Å². The molecule has 1 fully saturated rings. The zero-order valence-electron chi connectivity index (χ0n) is 9.86. The lowest BCUT2D eigenvalue weighted by Gasteiger charge is -2.33. The van der Waals surface area contributed by atoms with Crippen LogP contribution in [-0.2, 0) is 16.6 Å². The van der Waals surface area contributed by atoms with E-state index in [2.05, 4.69) is 15.2 Å². The van der Waals surface area contributed by atoms with Gasteiger partial charge in [-0.1, -0.05) is 5.21 Å². The van der Waals surface area contributed by atoms with Gasteiger partial charge in [-0.25, -0.2) is 8.42 Å². The molecule has 0 radical (unpaired) electrons. The summed E-state index contributed by atoms with van der Waals surface area (Å²) in [6, 6.07) is 0. The Labute approximate surface area is 101 Å². The molecule has 1 aliphatic heterocycles. The van der Waals surface area contributed by atoms with E-state index in [1.54, 1.807) is 10.9 Å². The van der Waals surface area contributed by atoms with Crippen molar-refractivity contribution in [1.29, 1.82) is 0 Å².